The summed E-state index contributed by atoms with van der Waals surface area (Å²) in [5, 5.41) is 3.91. The Morgan fingerprint density at radius 1 is 0.818 bits per heavy atom. The van der Waals surface area contributed by atoms with Crippen molar-refractivity contribution in [1.82, 2.24) is 5.32 Å². The lowest BCUT2D eigenvalue weighted by Crippen LogP contribution is -2.46. The minimum absolute atomic E-state index is 0.147. The van der Waals surface area contributed by atoms with Crippen molar-refractivity contribution in [1.29, 1.82) is 0 Å². The van der Waals surface area contributed by atoms with E-state index in [1.165, 1.54) is 11.1 Å². The van der Waals surface area contributed by atoms with E-state index in [-0.39, 0.29) is 11.1 Å². The molecule has 1 nitrogen and oxygen atoms in total. The van der Waals surface area contributed by atoms with Crippen LogP contribution in [0.2, 0.25) is 0 Å². The summed E-state index contributed by atoms with van der Waals surface area (Å²) >= 11 is 3.61. The van der Waals surface area contributed by atoms with Crippen molar-refractivity contribution in [2.45, 2.75) is 36.8 Å². The van der Waals surface area contributed by atoms with Crippen molar-refractivity contribution in [3.63, 3.8) is 0 Å². The number of benzene rings is 1. The number of hydrogen-bond acceptors (Lipinski definition) is 1. The average molecular weight is 358 g/mol. The van der Waals surface area contributed by atoms with E-state index in [0.717, 1.165) is 30.2 Å². The summed E-state index contributed by atoms with van der Waals surface area (Å²) in [5.74, 6) is 0. The number of fused-ring (bicyclic) bond motifs is 1. The summed E-state index contributed by atoms with van der Waals surface area (Å²) in [6.07, 6.45) is 11.4. The second-order valence-electron chi connectivity index (χ2n) is 5.95. The molecule has 0 radical (unpaired) electrons. The van der Waals surface area contributed by atoms with Crippen LogP contribution in [-0.4, -0.2) is 0 Å². The van der Waals surface area contributed by atoms with Crippen LogP contribution in [0.5, 0.6) is 0 Å². The molecule has 116 valence electrons. The fraction of sp³-hybridized carbons (Fsp3) is 0.300. The first-order chi connectivity index (χ1) is 10.6. The monoisotopic (exact) mass is 357 g/mol. The van der Waals surface area contributed by atoms with E-state index < -0.39 is 0 Å². The van der Waals surface area contributed by atoms with Crippen LogP contribution in [0.1, 0.15) is 36.8 Å². The van der Waals surface area contributed by atoms with Crippen LogP contribution in [0.4, 0.5) is 0 Å². The van der Waals surface area contributed by atoms with Crippen molar-refractivity contribution in [2.24, 2.45) is 0 Å². The molecule has 0 fully saturated rings. The molecule has 1 heterocycles. The zero-order valence-electron chi connectivity index (χ0n) is 13.1. The summed E-state index contributed by atoms with van der Waals surface area (Å²) in [6.45, 7) is 15.8. The molecule has 0 saturated heterocycles. The number of hydrogen-bond donors (Lipinski definition) is 1. The summed E-state index contributed by atoms with van der Waals surface area (Å²) in [6, 6.07) is 6.55. The molecule has 0 unspecified atom stereocenters. The third-order valence-electron chi connectivity index (χ3n) is 4.46. The van der Waals surface area contributed by atoms with Crippen LogP contribution in [0.3, 0.4) is 0 Å². The average Bonchev–Trinajstić information content (AvgIpc) is 2.71. The van der Waals surface area contributed by atoms with Gasteiger partial charge in [0, 0.05) is 4.47 Å². The Labute approximate surface area is 142 Å². The zero-order chi connectivity index (χ0) is 16.2. The lowest BCUT2D eigenvalue weighted by atomic mass is 9.82. The van der Waals surface area contributed by atoms with Crippen LogP contribution < -0.4 is 5.32 Å². The molecule has 0 spiro atoms. The maximum Gasteiger partial charge on any atom is 0.0514 e. The molecule has 1 aromatic rings. The van der Waals surface area contributed by atoms with E-state index in [2.05, 4.69) is 65.8 Å². The Morgan fingerprint density at radius 2 is 1.27 bits per heavy atom. The number of nitrogens with one attached hydrogen (secondary N) is 1. The molecule has 1 N–H and O–H groups in total. The fourth-order valence-electron chi connectivity index (χ4n) is 3.72. The predicted molar refractivity (Wildman–Crippen MR) is 99.9 cm³/mol. The van der Waals surface area contributed by atoms with Gasteiger partial charge in [-0.15, -0.1) is 26.3 Å². The molecular formula is C20H24BrN. The molecule has 0 aromatic heterocycles. The maximum absolute atomic E-state index is 3.96. The zero-order valence-corrected chi connectivity index (χ0v) is 14.7. The van der Waals surface area contributed by atoms with E-state index in [1.54, 1.807) is 0 Å². The third kappa shape index (κ3) is 2.78. The molecule has 1 aliphatic heterocycles. The van der Waals surface area contributed by atoms with E-state index >= 15 is 0 Å². The molecule has 1 aliphatic rings. The largest absolute Gasteiger partial charge is 0.297 e. The Balaban J connectivity index is 2.68. The maximum atomic E-state index is 3.96. The Hall–Kier alpha value is -1.38. The van der Waals surface area contributed by atoms with E-state index in [4.69, 9.17) is 0 Å². The molecule has 1 aromatic carbocycles. The van der Waals surface area contributed by atoms with Gasteiger partial charge in [0.2, 0.25) is 0 Å². The Morgan fingerprint density at radius 3 is 1.73 bits per heavy atom. The smallest absolute Gasteiger partial charge is 0.0514 e. The highest BCUT2D eigenvalue weighted by Crippen LogP contribution is 2.49. The van der Waals surface area contributed by atoms with Crippen LogP contribution in [0.25, 0.3) is 0 Å². The quantitative estimate of drug-likeness (QED) is 0.584. The van der Waals surface area contributed by atoms with E-state index in [0.29, 0.717) is 0 Å². The van der Waals surface area contributed by atoms with Gasteiger partial charge < -0.3 is 0 Å². The number of rotatable bonds is 8. The van der Waals surface area contributed by atoms with Gasteiger partial charge in [-0.3, -0.25) is 5.32 Å². The molecule has 0 bridgehead atoms. The van der Waals surface area contributed by atoms with Crippen LogP contribution >= 0.6 is 15.9 Å². The van der Waals surface area contributed by atoms with E-state index in [9.17, 15) is 0 Å². The second-order valence-corrected chi connectivity index (χ2v) is 6.87. The summed E-state index contributed by atoms with van der Waals surface area (Å²) in [5.41, 5.74) is 2.35. The van der Waals surface area contributed by atoms with Crippen LogP contribution in [0, 0.1) is 0 Å². The molecular weight excluding hydrogens is 334 g/mol. The molecule has 22 heavy (non-hydrogen) atoms. The van der Waals surface area contributed by atoms with Crippen molar-refractivity contribution in [2.75, 3.05) is 0 Å². The third-order valence-corrected chi connectivity index (χ3v) is 4.96. The fourth-order valence-corrected chi connectivity index (χ4v) is 4.08. The number of halogens is 1. The molecule has 0 atom stereocenters. The summed E-state index contributed by atoms with van der Waals surface area (Å²) < 4.78 is 1.10. The van der Waals surface area contributed by atoms with E-state index in [1.807, 2.05) is 24.3 Å². The van der Waals surface area contributed by atoms with Crippen LogP contribution in [0.15, 0.2) is 73.3 Å². The van der Waals surface area contributed by atoms with Gasteiger partial charge in [0.1, 0.15) is 0 Å². The first kappa shape index (κ1) is 17.0. The van der Waals surface area contributed by atoms with Gasteiger partial charge in [-0.25, -0.2) is 0 Å². The van der Waals surface area contributed by atoms with Crippen LogP contribution in [-0.2, 0) is 11.1 Å². The first-order valence-corrected chi connectivity index (χ1v) is 8.40. The van der Waals surface area contributed by atoms with Gasteiger partial charge in [0.25, 0.3) is 0 Å². The molecule has 2 heteroatoms. The predicted octanol–water partition coefficient (Wildman–Crippen LogP) is 5.75. The van der Waals surface area contributed by atoms with Gasteiger partial charge in [-0.2, -0.15) is 0 Å². The second kappa shape index (κ2) is 6.80. The minimum Gasteiger partial charge on any atom is -0.297 e. The highest BCUT2D eigenvalue weighted by atomic mass is 79.9. The molecule has 0 aliphatic carbocycles. The normalized spacial score (nSPS) is 17.5. The van der Waals surface area contributed by atoms with Gasteiger partial charge >= 0.3 is 0 Å². The molecule has 2 rings (SSSR count). The van der Waals surface area contributed by atoms with Gasteiger partial charge in [0.05, 0.1) is 11.1 Å². The van der Waals surface area contributed by atoms with Crippen molar-refractivity contribution in [3.05, 3.63) is 84.4 Å². The molecule has 0 amide bonds. The summed E-state index contributed by atoms with van der Waals surface area (Å²) in [7, 11) is 0. The van der Waals surface area contributed by atoms with Crippen molar-refractivity contribution in [3.8, 4) is 0 Å². The van der Waals surface area contributed by atoms with Crippen molar-refractivity contribution >= 4 is 15.9 Å². The SMILES string of the molecule is C=CCC1(CC=C)NC(CC=C)(CC=C)c2cc(Br)ccc21. The highest BCUT2D eigenvalue weighted by Gasteiger charge is 2.49. The Kier molecular flexibility index (Phi) is 5.25. The summed E-state index contributed by atoms with van der Waals surface area (Å²) in [4.78, 5) is 0. The minimum atomic E-state index is -0.158. The lowest BCUT2D eigenvalue weighted by Gasteiger charge is -2.35. The van der Waals surface area contributed by atoms with Gasteiger partial charge in [-0.05, 0) is 48.9 Å². The lowest BCUT2D eigenvalue weighted by molar-refractivity contribution is 0.247. The van der Waals surface area contributed by atoms with Gasteiger partial charge in [-0.1, -0.05) is 46.3 Å². The van der Waals surface area contributed by atoms with Gasteiger partial charge in [0.15, 0.2) is 0 Å². The standard InChI is InChI=1S/C20H24BrN/c1-5-11-19(12-6-2)17-10-9-16(21)15-18(17)20(22-19,13-7-3)14-8-4/h5-10,15,22H,1-4,11-14H2. The highest BCUT2D eigenvalue weighted by molar-refractivity contribution is 9.10. The first-order valence-electron chi connectivity index (χ1n) is 7.61. The van der Waals surface area contributed by atoms with Crippen molar-refractivity contribution < 1.29 is 0 Å². The Bertz CT molecular complexity index is 580. The molecule has 0 saturated carbocycles. The topological polar surface area (TPSA) is 12.0 Å².